The van der Waals surface area contributed by atoms with Gasteiger partial charge in [-0.25, -0.2) is 4.79 Å². The van der Waals surface area contributed by atoms with Gasteiger partial charge in [0.05, 0.1) is 4.92 Å². The molecule has 0 aromatic heterocycles. The van der Waals surface area contributed by atoms with Gasteiger partial charge in [0.15, 0.2) is 0 Å². The van der Waals surface area contributed by atoms with Crippen LogP contribution in [0.1, 0.15) is 12.0 Å². The van der Waals surface area contributed by atoms with Gasteiger partial charge in [0.2, 0.25) is 0 Å². The highest BCUT2D eigenvalue weighted by Gasteiger charge is 2.12. The molecule has 92 valence electrons. The Morgan fingerprint density at radius 2 is 2.06 bits per heavy atom. The van der Waals surface area contributed by atoms with E-state index >= 15 is 0 Å². The predicted octanol–water partition coefficient (Wildman–Crippen LogP) is 2.48. The summed E-state index contributed by atoms with van der Waals surface area (Å²) >= 11 is 0. The minimum atomic E-state index is -0.443. The molecular weight excluding hydrogens is 234 g/mol. The Morgan fingerprint density at radius 3 is 2.67 bits per heavy atom. The van der Waals surface area contributed by atoms with E-state index in [0.717, 1.165) is 5.56 Å². The zero-order valence-electron chi connectivity index (χ0n) is 9.48. The molecule has 0 bridgehead atoms. The van der Waals surface area contributed by atoms with Gasteiger partial charge in [0, 0.05) is 24.6 Å². The maximum absolute atomic E-state index is 11.0. The second-order valence-electron chi connectivity index (χ2n) is 3.82. The standard InChI is InChI=1S/C13H11NO4/c15-13-3-1-2-12(18-13)9-6-10-4-7-11(8-5-10)14(16)17/h1,3-9,12H,2H2/b9-6+. The van der Waals surface area contributed by atoms with E-state index in [9.17, 15) is 14.9 Å². The normalized spacial score (nSPS) is 18.9. The molecule has 1 unspecified atom stereocenters. The number of cyclic esters (lactones) is 1. The van der Waals surface area contributed by atoms with E-state index in [1.807, 2.05) is 0 Å². The molecule has 1 heterocycles. The number of hydrogen-bond acceptors (Lipinski definition) is 4. The van der Waals surface area contributed by atoms with E-state index in [0.29, 0.717) is 6.42 Å². The lowest BCUT2D eigenvalue weighted by Crippen LogP contribution is -2.17. The van der Waals surface area contributed by atoms with Crippen LogP contribution >= 0.6 is 0 Å². The van der Waals surface area contributed by atoms with Crippen LogP contribution < -0.4 is 0 Å². The minimum absolute atomic E-state index is 0.0548. The van der Waals surface area contributed by atoms with Gasteiger partial charge in [-0.15, -0.1) is 0 Å². The second kappa shape index (κ2) is 5.27. The third-order valence-electron chi connectivity index (χ3n) is 2.50. The number of hydrogen-bond donors (Lipinski definition) is 0. The van der Waals surface area contributed by atoms with E-state index < -0.39 is 4.92 Å². The van der Waals surface area contributed by atoms with Crippen molar-refractivity contribution in [3.05, 3.63) is 58.2 Å². The number of non-ortho nitro benzene ring substituents is 1. The number of benzene rings is 1. The third kappa shape index (κ3) is 3.04. The molecule has 1 aromatic rings. The van der Waals surface area contributed by atoms with Crippen LogP contribution in [0.25, 0.3) is 6.08 Å². The summed E-state index contributed by atoms with van der Waals surface area (Å²) in [6.45, 7) is 0. The maximum Gasteiger partial charge on any atom is 0.331 e. The topological polar surface area (TPSA) is 69.4 Å². The summed E-state index contributed by atoms with van der Waals surface area (Å²) in [4.78, 5) is 21.0. The zero-order chi connectivity index (χ0) is 13.0. The highest BCUT2D eigenvalue weighted by atomic mass is 16.6. The van der Waals surface area contributed by atoms with Crippen LogP contribution in [0.15, 0.2) is 42.5 Å². The molecule has 0 radical (unpaired) electrons. The highest BCUT2D eigenvalue weighted by molar-refractivity contribution is 5.83. The number of rotatable bonds is 3. The van der Waals surface area contributed by atoms with E-state index in [4.69, 9.17) is 4.74 Å². The molecule has 0 spiro atoms. The first kappa shape index (κ1) is 12.0. The number of esters is 1. The first-order chi connectivity index (χ1) is 8.65. The number of nitro groups is 1. The van der Waals surface area contributed by atoms with Gasteiger partial charge in [-0.2, -0.15) is 0 Å². The van der Waals surface area contributed by atoms with Crippen molar-refractivity contribution < 1.29 is 14.5 Å². The summed E-state index contributed by atoms with van der Waals surface area (Å²) in [7, 11) is 0. The molecule has 5 nitrogen and oxygen atoms in total. The van der Waals surface area contributed by atoms with Crippen molar-refractivity contribution in [2.75, 3.05) is 0 Å². The molecule has 18 heavy (non-hydrogen) atoms. The molecule has 0 aliphatic carbocycles. The van der Waals surface area contributed by atoms with Crippen molar-refractivity contribution in [2.24, 2.45) is 0 Å². The molecule has 2 rings (SSSR count). The van der Waals surface area contributed by atoms with Crippen molar-refractivity contribution in [3.63, 3.8) is 0 Å². The summed E-state index contributed by atoms with van der Waals surface area (Å²) in [6.07, 6.45) is 7.09. The molecule has 0 fully saturated rings. The lowest BCUT2D eigenvalue weighted by atomic mass is 10.1. The molecule has 1 atom stereocenters. The molecule has 1 aliphatic rings. The molecule has 0 N–H and O–H groups in total. The summed E-state index contributed by atoms with van der Waals surface area (Å²) in [5, 5.41) is 10.5. The van der Waals surface area contributed by atoms with Gasteiger partial charge in [-0.05, 0) is 23.8 Å². The fourth-order valence-electron chi connectivity index (χ4n) is 1.58. The van der Waals surface area contributed by atoms with Gasteiger partial charge >= 0.3 is 5.97 Å². The Morgan fingerprint density at radius 1 is 1.33 bits per heavy atom. The van der Waals surface area contributed by atoms with E-state index in [1.165, 1.54) is 18.2 Å². The van der Waals surface area contributed by atoms with Crippen LogP contribution in [0.2, 0.25) is 0 Å². The Hall–Kier alpha value is -2.43. The van der Waals surface area contributed by atoms with Crippen LogP contribution in [0.5, 0.6) is 0 Å². The second-order valence-corrected chi connectivity index (χ2v) is 3.82. The lowest BCUT2D eigenvalue weighted by Gasteiger charge is -2.14. The molecule has 1 aromatic carbocycles. The number of ether oxygens (including phenoxy) is 1. The van der Waals surface area contributed by atoms with E-state index in [-0.39, 0.29) is 17.8 Å². The Kier molecular flexibility index (Phi) is 3.52. The van der Waals surface area contributed by atoms with Crippen molar-refractivity contribution in [1.82, 2.24) is 0 Å². The highest BCUT2D eigenvalue weighted by Crippen LogP contribution is 2.15. The molecule has 0 saturated carbocycles. The molecule has 0 amide bonds. The average Bonchev–Trinajstić information content (AvgIpc) is 2.37. The number of carbonyl (C=O) groups excluding carboxylic acids is 1. The minimum Gasteiger partial charge on any atom is -0.455 e. The van der Waals surface area contributed by atoms with Gasteiger partial charge in [0.1, 0.15) is 6.10 Å². The zero-order valence-corrected chi connectivity index (χ0v) is 9.48. The quantitative estimate of drug-likeness (QED) is 0.466. The lowest BCUT2D eigenvalue weighted by molar-refractivity contribution is -0.384. The number of carbonyl (C=O) groups is 1. The maximum atomic E-state index is 11.0. The summed E-state index contributed by atoms with van der Waals surface area (Å²) < 4.78 is 5.05. The Balaban J connectivity index is 2.03. The van der Waals surface area contributed by atoms with Gasteiger partial charge in [-0.1, -0.05) is 12.2 Å². The smallest absolute Gasteiger partial charge is 0.331 e. The first-order valence-electron chi connectivity index (χ1n) is 5.45. The summed E-state index contributed by atoms with van der Waals surface area (Å²) in [6, 6.07) is 6.17. The molecular formula is C13H11NO4. The van der Waals surface area contributed by atoms with Crippen molar-refractivity contribution in [2.45, 2.75) is 12.5 Å². The number of nitrogens with zero attached hydrogens (tertiary/aromatic N) is 1. The van der Waals surface area contributed by atoms with E-state index in [1.54, 1.807) is 30.4 Å². The fourth-order valence-corrected chi connectivity index (χ4v) is 1.58. The molecule has 5 heteroatoms. The summed E-state index contributed by atoms with van der Waals surface area (Å²) in [5.41, 5.74) is 0.880. The van der Waals surface area contributed by atoms with Gasteiger partial charge < -0.3 is 4.74 Å². The van der Waals surface area contributed by atoms with Crippen molar-refractivity contribution >= 4 is 17.7 Å². The van der Waals surface area contributed by atoms with Crippen LogP contribution in [0.4, 0.5) is 5.69 Å². The Labute approximate surface area is 104 Å². The largest absolute Gasteiger partial charge is 0.455 e. The van der Waals surface area contributed by atoms with Gasteiger partial charge in [-0.3, -0.25) is 10.1 Å². The van der Waals surface area contributed by atoms with Crippen LogP contribution in [0.3, 0.4) is 0 Å². The van der Waals surface area contributed by atoms with E-state index in [2.05, 4.69) is 0 Å². The Bertz CT molecular complexity index is 516. The SMILES string of the molecule is O=C1C=CCC(/C=C/c2ccc([N+](=O)[O-])cc2)O1. The predicted molar refractivity (Wildman–Crippen MR) is 65.8 cm³/mol. The summed E-state index contributed by atoms with van der Waals surface area (Å²) in [5.74, 6) is -0.348. The third-order valence-corrected chi connectivity index (χ3v) is 2.50. The fraction of sp³-hybridized carbons (Fsp3) is 0.154. The van der Waals surface area contributed by atoms with Crippen molar-refractivity contribution in [3.8, 4) is 0 Å². The average molecular weight is 245 g/mol. The number of nitro benzene ring substituents is 1. The molecule has 0 saturated heterocycles. The van der Waals surface area contributed by atoms with Crippen LogP contribution in [-0.4, -0.2) is 17.0 Å². The van der Waals surface area contributed by atoms with Gasteiger partial charge in [0.25, 0.3) is 5.69 Å². The first-order valence-corrected chi connectivity index (χ1v) is 5.45. The van der Waals surface area contributed by atoms with Crippen LogP contribution in [-0.2, 0) is 9.53 Å². The molecule has 1 aliphatic heterocycles. The van der Waals surface area contributed by atoms with Crippen LogP contribution in [0, 0.1) is 10.1 Å². The van der Waals surface area contributed by atoms with Crippen molar-refractivity contribution in [1.29, 1.82) is 0 Å². The monoisotopic (exact) mass is 245 g/mol.